The van der Waals surface area contributed by atoms with Crippen molar-refractivity contribution in [1.82, 2.24) is 0 Å². The summed E-state index contributed by atoms with van der Waals surface area (Å²) in [5, 5.41) is 2.51. The van der Waals surface area contributed by atoms with Gasteiger partial charge in [-0.3, -0.25) is 0 Å². The minimum Gasteiger partial charge on any atom is -0.488 e. The van der Waals surface area contributed by atoms with Gasteiger partial charge in [0.1, 0.15) is 11.9 Å². The molecule has 0 fully saturated rings. The van der Waals surface area contributed by atoms with Crippen molar-refractivity contribution in [2.45, 2.75) is 12.5 Å². The van der Waals surface area contributed by atoms with E-state index in [-0.39, 0.29) is 18.5 Å². The van der Waals surface area contributed by atoms with Gasteiger partial charge in [-0.25, -0.2) is 0 Å². The van der Waals surface area contributed by atoms with Crippen LogP contribution in [0.5, 0.6) is 5.75 Å². The minimum absolute atomic E-state index is 0. The Bertz CT molecular complexity index is 810. The number of para-hydroxylation sites is 1. The van der Waals surface area contributed by atoms with E-state index in [1.807, 2.05) is 0 Å². The first-order valence-corrected chi connectivity index (χ1v) is 7.33. The molecule has 0 saturated carbocycles. The molecule has 1 atom stereocenters. The van der Waals surface area contributed by atoms with E-state index in [1.165, 1.54) is 27.5 Å². The van der Waals surface area contributed by atoms with Crippen LogP contribution in [-0.4, -0.2) is 12.6 Å². The van der Waals surface area contributed by atoms with Crippen LogP contribution in [0, 0.1) is 0 Å². The number of rotatable bonds is 2. The lowest BCUT2D eigenvalue weighted by molar-refractivity contribution is 0.242. The van der Waals surface area contributed by atoms with Gasteiger partial charge < -0.3 is 10.5 Å². The molecule has 0 aromatic heterocycles. The second kappa shape index (κ2) is 5.99. The molecule has 0 saturated heterocycles. The van der Waals surface area contributed by atoms with Crippen LogP contribution in [0.4, 0.5) is 0 Å². The first-order valence-electron chi connectivity index (χ1n) is 7.33. The zero-order chi connectivity index (χ0) is 14.2. The summed E-state index contributed by atoms with van der Waals surface area (Å²) in [5.74, 6) is 1.00. The predicted octanol–water partition coefficient (Wildman–Crippen LogP) is 4.19. The number of nitrogens with two attached hydrogens (primary N) is 1. The lowest BCUT2D eigenvalue weighted by atomic mass is 9.96. The molecule has 0 aliphatic carbocycles. The first-order chi connectivity index (χ1) is 10.4. The fraction of sp³-hybridized carbons (Fsp3) is 0.158. The molecule has 22 heavy (non-hydrogen) atoms. The highest BCUT2D eigenvalue weighted by molar-refractivity contribution is 5.98. The molecule has 0 radical (unpaired) electrons. The van der Waals surface area contributed by atoms with Crippen molar-refractivity contribution in [1.29, 1.82) is 0 Å². The van der Waals surface area contributed by atoms with Crippen molar-refractivity contribution in [3.63, 3.8) is 0 Å². The molecule has 0 bridgehead atoms. The fourth-order valence-corrected chi connectivity index (χ4v) is 3.14. The van der Waals surface area contributed by atoms with Gasteiger partial charge in [-0.05, 0) is 21.9 Å². The average molecular weight is 312 g/mol. The Morgan fingerprint density at radius 3 is 2.50 bits per heavy atom. The van der Waals surface area contributed by atoms with Crippen LogP contribution in [0.1, 0.15) is 5.56 Å². The van der Waals surface area contributed by atoms with Gasteiger partial charge in [0.05, 0.1) is 0 Å². The largest absolute Gasteiger partial charge is 0.488 e. The summed E-state index contributed by atoms with van der Waals surface area (Å²) >= 11 is 0. The third kappa shape index (κ3) is 2.35. The van der Waals surface area contributed by atoms with Gasteiger partial charge in [-0.15, -0.1) is 12.4 Å². The molecular formula is C19H18ClNO. The number of benzene rings is 3. The lowest BCUT2D eigenvalue weighted by Gasteiger charge is -2.12. The summed E-state index contributed by atoms with van der Waals surface area (Å²) in [7, 11) is 0. The lowest BCUT2D eigenvalue weighted by Crippen LogP contribution is -2.24. The zero-order valence-corrected chi connectivity index (χ0v) is 13.0. The van der Waals surface area contributed by atoms with Crippen LogP contribution in [0.25, 0.3) is 21.9 Å². The van der Waals surface area contributed by atoms with Crippen LogP contribution in [-0.2, 0) is 6.42 Å². The third-order valence-corrected chi connectivity index (χ3v) is 4.17. The second-order valence-corrected chi connectivity index (χ2v) is 5.50. The molecule has 1 aliphatic rings. The second-order valence-electron chi connectivity index (χ2n) is 5.50. The molecule has 1 heterocycles. The van der Waals surface area contributed by atoms with Crippen LogP contribution >= 0.6 is 12.4 Å². The van der Waals surface area contributed by atoms with Crippen LogP contribution in [0.15, 0.2) is 60.7 Å². The van der Waals surface area contributed by atoms with Gasteiger partial charge in [-0.1, -0.05) is 60.7 Å². The summed E-state index contributed by atoms with van der Waals surface area (Å²) in [6.45, 7) is 0.559. The van der Waals surface area contributed by atoms with E-state index in [0.717, 1.165) is 12.2 Å². The summed E-state index contributed by atoms with van der Waals surface area (Å²) < 4.78 is 6.07. The molecule has 3 aromatic carbocycles. The smallest absolute Gasteiger partial charge is 0.130 e. The highest BCUT2D eigenvalue weighted by atomic mass is 35.5. The van der Waals surface area contributed by atoms with Crippen molar-refractivity contribution < 1.29 is 4.74 Å². The van der Waals surface area contributed by atoms with E-state index >= 15 is 0 Å². The monoisotopic (exact) mass is 311 g/mol. The maximum absolute atomic E-state index is 6.07. The van der Waals surface area contributed by atoms with E-state index in [1.54, 1.807) is 0 Å². The molecule has 112 valence electrons. The quantitative estimate of drug-likeness (QED) is 0.770. The van der Waals surface area contributed by atoms with E-state index in [0.29, 0.717) is 6.54 Å². The molecule has 4 rings (SSSR count). The first kappa shape index (κ1) is 14.9. The Hall–Kier alpha value is -2.03. The number of ether oxygens (including phenoxy) is 1. The SMILES string of the molecule is Cl.NCC1Cc2cccc(-c3cccc4ccccc34)c2O1. The Morgan fingerprint density at radius 2 is 1.64 bits per heavy atom. The summed E-state index contributed by atoms with van der Waals surface area (Å²) in [5.41, 5.74) is 9.42. The molecule has 3 heteroatoms. The van der Waals surface area contributed by atoms with E-state index in [2.05, 4.69) is 60.7 Å². The van der Waals surface area contributed by atoms with Crippen molar-refractivity contribution >= 4 is 23.2 Å². The van der Waals surface area contributed by atoms with Crippen molar-refractivity contribution in [2.75, 3.05) is 6.54 Å². The van der Waals surface area contributed by atoms with Gasteiger partial charge in [0.15, 0.2) is 0 Å². The summed E-state index contributed by atoms with van der Waals surface area (Å²) in [6, 6.07) is 21.3. The van der Waals surface area contributed by atoms with Gasteiger partial charge in [-0.2, -0.15) is 0 Å². The molecule has 0 spiro atoms. The third-order valence-electron chi connectivity index (χ3n) is 4.17. The maximum atomic E-state index is 6.07. The molecule has 2 N–H and O–H groups in total. The fourth-order valence-electron chi connectivity index (χ4n) is 3.14. The highest BCUT2D eigenvalue weighted by Gasteiger charge is 2.24. The molecule has 2 nitrogen and oxygen atoms in total. The van der Waals surface area contributed by atoms with Crippen LogP contribution in [0.2, 0.25) is 0 Å². The van der Waals surface area contributed by atoms with E-state index in [4.69, 9.17) is 10.5 Å². The Balaban J connectivity index is 0.00000144. The van der Waals surface area contributed by atoms with Gasteiger partial charge in [0.25, 0.3) is 0 Å². The Labute approximate surface area is 136 Å². The van der Waals surface area contributed by atoms with Gasteiger partial charge in [0, 0.05) is 18.5 Å². The summed E-state index contributed by atoms with van der Waals surface area (Å²) in [6.07, 6.45) is 1.01. The van der Waals surface area contributed by atoms with Crippen molar-refractivity contribution in [2.24, 2.45) is 5.73 Å². The standard InChI is InChI=1S/C19H17NO.ClH/c20-12-15-11-14-7-4-10-18(19(14)21-15)17-9-3-6-13-5-1-2-8-16(13)17;/h1-10,15H,11-12,20H2;1H. The Morgan fingerprint density at radius 1 is 0.909 bits per heavy atom. The van der Waals surface area contributed by atoms with Crippen molar-refractivity contribution in [3.8, 4) is 16.9 Å². The number of fused-ring (bicyclic) bond motifs is 2. The number of halogens is 1. The molecule has 1 aliphatic heterocycles. The van der Waals surface area contributed by atoms with E-state index in [9.17, 15) is 0 Å². The maximum Gasteiger partial charge on any atom is 0.130 e. The minimum atomic E-state index is 0. The zero-order valence-electron chi connectivity index (χ0n) is 12.2. The van der Waals surface area contributed by atoms with Gasteiger partial charge in [0.2, 0.25) is 0 Å². The van der Waals surface area contributed by atoms with Crippen LogP contribution < -0.4 is 10.5 Å². The van der Waals surface area contributed by atoms with Crippen LogP contribution in [0.3, 0.4) is 0 Å². The highest BCUT2D eigenvalue weighted by Crippen LogP contribution is 2.40. The average Bonchev–Trinajstić information content (AvgIpc) is 2.97. The molecular weight excluding hydrogens is 294 g/mol. The van der Waals surface area contributed by atoms with Gasteiger partial charge >= 0.3 is 0 Å². The summed E-state index contributed by atoms with van der Waals surface area (Å²) in [4.78, 5) is 0. The topological polar surface area (TPSA) is 35.2 Å². The molecule has 3 aromatic rings. The Kier molecular flexibility index (Phi) is 4.06. The predicted molar refractivity (Wildman–Crippen MR) is 93.8 cm³/mol. The molecule has 1 unspecified atom stereocenters. The number of hydrogen-bond donors (Lipinski definition) is 1. The van der Waals surface area contributed by atoms with Crippen molar-refractivity contribution in [3.05, 3.63) is 66.2 Å². The van der Waals surface area contributed by atoms with E-state index < -0.39 is 0 Å². The molecule has 0 amide bonds. The number of hydrogen-bond acceptors (Lipinski definition) is 2. The normalized spacial score (nSPS) is 16.0.